The van der Waals surface area contributed by atoms with E-state index >= 15 is 0 Å². The number of carbonyl (C=O) groups excluding carboxylic acids is 2. The first-order chi connectivity index (χ1) is 13.6. The molecule has 0 radical (unpaired) electrons. The lowest BCUT2D eigenvalue weighted by Crippen LogP contribution is -2.15. The van der Waals surface area contributed by atoms with E-state index in [1.54, 1.807) is 53.2 Å². The first kappa shape index (κ1) is 17.7. The number of thioether (sulfide) groups is 1. The molecule has 2 amide bonds. The van der Waals surface area contributed by atoms with Crippen molar-refractivity contribution in [2.24, 2.45) is 5.73 Å². The van der Waals surface area contributed by atoms with Crippen molar-refractivity contribution in [3.05, 3.63) is 60.4 Å². The molecule has 0 unspecified atom stereocenters. The zero-order valence-corrected chi connectivity index (χ0v) is 15.2. The van der Waals surface area contributed by atoms with Gasteiger partial charge in [-0.05, 0) is 48.5 Å². The van der Waals surface area contributed by atoms with Crippen LogP contribution in [0.15, 0.2) is 64.4 Å². The maximum Gasteiger partial charge on any atom is 0.248 e. The Balaban J connectivity index is 1.44. The number of nitrogens with one attached hydrogen (secondary N) is 1. The van der Waals surface area contributed by atoms with Crippen LogP contribution in [0.5, 0.6) is 0 Å². The number of nitrogens with two attached hydrogens (primary N) is 1. The summed E-state index contributed by atoms with van der Waals surface area (Å²) in [4.78, 5) is 23.3. The van der Waals surface area contributed by atoms with E-state index in [9.17, 15) is 9.59 Å². The number of hydrogen-bond acceptors (Lipinski definition) is 7. The normalized spacial score (nSPS) is 10.9. The summed E-state index contributed by atoms with van der Waals surface area (Å²) >= 11 is 1.21. The lowest BCUT2D eigenvalue weighted by molar-refractivity contribution is -0.113. The molecule has 0 aliphatic carbocycles. The van der Waals surface area contributed by atoms with E-state index in [-0.39, 0.29) is 11.7 Å². The fourth-order valence-electron chi connectivity index (χ4n) is 2.46. The maximum absolute atomic E-state index is 12.2. The highest BCUT2D eigenvalue weighted by molar-refractivity contribution is 7.99. The zero-order valence-electron chi connectivity index (χ0n) is 14.4. The molecule has 3 aromatic heterocycles. The summed E-state index contributed by atoms with van der Waals surface area (Å²) in [6, 6.07) is 13.5. The van der Waals surface area contributed by atoms with Gasteiger partial charge in [0.05, 0.1) is 12.0 Å². The van der Waals surface area contributed by atoms with E-state index in [1.807, 2.05) is 6.07 Å². The van der Waals surface area contributed by atoms with E-state index in [0.717, 1.165) is 0 Å². The van der Waals surface area contributed by atoms with Crippen LogP contribution < -0.4 is 11.1 Å². The van der Waals surface area contributed by atoms with Crippen LogP contribution >= 0.6 is 11.8 Å². The maximum atomic E-state index is 12.2. The van der Waals surface area contributed by atoms with Crippen LogP contribution in [0.2, 0.25) is 0 Å². The van der Waals surface area contributed by atoms with E-state index in [2.05, 4.69) is 20.6 Å². The molecule has 140 valence electrons. The minimum atomic E-state index is -0.520. The number of aromatic nitrogens is 4. The first-order valence-corrected chi connectivity index (χ1v) is 9.17. The van der Waals surface area contributed by atoms with Gasteiger partial charge in [0.15, 0.2) is 11.4 Å². The van der Waals surface area contributed by atoms with Crippen molar-refractivity contribution in [2.45, 2.75) is 5.16 Å². The van der Waals surface area contributed by atoms with Crippen LogP contribution in [0.25, 0.3) is 17.1 Å². The Hall–Kier alpha value is -3.66. The van der Waals surface area contributed by atoms with Gasteiger partial charge in [-0.25, -0.2) is 0 Å². The van der Waals surface area contributed by atoms with E-state index < -0.39 is 5.91 Å². The summed E-state index contributed by atoms with van der Waals surface area (Å²) in [5.74, 6) is -0.00150. The van der Waals surface area contributed by atoms with Crippen LogP contribution in [0.4, 0.5) is 5.69 Å². The number of amides is 2. The Kier molecular flexibility index (Phi) is 4.77. The minimum absolute atomic E-state index is 0.116. The van der Waals surface area contributed by atoms with E-state index in [1.165, 1.54) is 11.8 Å². The molecule has 0 aliphatic heterocycles. The quantitative estimate of drug-likeness (QED) is 0.480. The summed E-state index contributed by atoms with van der Waals surface area (Å²) in [5, 5.41) is 15.8. The average molecular weight is 394 g/mol. The molecule has 0 aliphatic rings. The second-order valence-corrected chi connectivity index (χ2v) is 6.67. The average Bonchev–Trinajstić information content (AvgIpc) is 3.36. The Morgan fingerprint density at radius 3 is 2.64 bits per heavy atom. The summed E-state index contributed by atoms with van der Waals surface area (Å²) in [5.41, 5.74) is 7.35. The van der Waals surface area contributed by atoms with Crippen LogP contribution in [0.1, 0.15) is 10.4 Å². The summed E-state index contributed by atoms with van der Waals surface area (Å²) < 4.78 is 6.92. The standard InChI is InChI=1S/C18H14N6O3S/c19-17(26)11-3-5-12(6-4-11)20-16(25)10-28-18-22-21-15-8-7-13(23-24(15)18)14-2-1-9-27-14/h1-9H,10H2,(H2,19,26)(H,20,25). The predicted octanol–water partition coefficient (Wildman–Crippen LogP) is 2.21. The molecule has 0 saturated heterocycles. The topological polar surface area (TPSA) is 128 Å². The number of primary amides is 1. The Morgan fingerprint density at radius 2 is 1.93 bits per heavy atom. The fraction of sp³-hybridized carbons (Fsp3) is 0.0556. The van der Waals surface area contributed by atoms with Crippen molar-refractivity contribution in [2.75, 3.05) is 11.1 Å². The molecular weight excluding hydrogens is 380 g/mol. The van der Waals surface area contributed by atoms with Crippen molar-refractivity contribution in [1.29, 1.82) is 0 Å². The monoisotopic (exact) mass is 394 g/mol. The third kappa shape index (κ3) is 3.71. The van der Waals surface area contributed by atoms with Gasteiger partial charge in [-0.15, -0.1) is 10.2 Å². The SMILES string of the molecule is NC(=O)c1ccc(NC(=O)CSc2nnc3ccc(-c4ccco4)nn23)cc1. The number of furan rings is 1. The number of hydrogen-bond donors (Lipinski definition) is 2. The molecule has 3 heterocycles. The molecule has 3 N–H and O–H groups in total. The predicted molar refractivity (Wildman–Crippen MR) is 103 cm³/mol. The summed E-state index contributed by atoms with van der Waals surface area (Å²) in [6.07, 6.45) is 1.57. The van der Waals surface area contributed by atoms with Gasteiger partial charge >= 0.3 is 0 Å². The number of rotatable bonds is 6. The lowest BCUT2D eigenvalue weighted by atomic mass is 10.2. The molecule has 0 bridgehead atoms. The number of benzene rings is 1. The third-order valence-corrected chi connectivity index (χ3v) is 4.71. The van der Waals surface area contributed by atoms with E-state index in [4.69, 9.17) is 10.2 Å². The largest absolute Gasteiger partial charge is 0.463 e. The second kappa shape index (κ2) is 7.53. The van der Waals surface area contributed by atoms with Crippen molar-refractivity contribution in [3.63, 3.8) is 0 Å². The summed E-state index contributed by atoms with van der Waals surface area (Å²) in [6.45, 7) is 0. The van der Waals surface area contributed by atoms with Gasteiger partial charge in [0.1, 0.15) is 5.69 Å². The molecule has 4 aromatic rings. The number of carbonyl (C=O) groups is 2. The molecule has 0 fully saturated rings. The molecule has 4 rings (SSSR count). The van der Waals surface area contributed by atoms with Crippen molar-refractivity contribution < 1.29 is 14.0 Å². The molecule has 9 nitrogen and oxygen atoms in total. The first-order valence-electron chi connectivity index (χ1n) is 8.19. The molecule has 0 atom stereocenters. The van der Waals surface area contributed by atoms with Crippen LogP contribution in [-0.2, 0) is 4.79 Å². The zero-order chi connectivity index (χ0) is 19.5. The van der Waals surface area contributed by atoms with Gasteiger partial charge in [0, 0.05) is 11.3 Å². The molecule has 10 heteroatoms. The molecule has 1 aromatic carbocycles. The van der Waals surface area contributed by atoms with Gasteiger partial charge < -0.3 is 15.5 Å². The molecule has 0 spiro atoms. The van der Waals surface area contributed by atoms with Crippen molar-refractivity contribution >= 4 is 34.9 Å². The smallest absolute Gasteiger partial charge is 0.248 e. The fourth-order valence-corrected chi connectivity index (χ4v) is 3.15. The lowest BCUT2D eigenvalue weighted by Gasteiger charge is -2.05. The molecule has 28 heavy (non-hydrogen) atoms. The van der Waals surface area contributed by atoms with Gasteiger partial charge in [-0.2, -0.15) is 9.61 Å². The number of fused-ring (bicyclic) bond motifs is 1. The second-order valence-electron chi connectivity index (χ2n) is 5.73. The highest BCUT2D eigenvalue weighted by Gasteiger charge is 2.13. The van der Waals surface area contributed by atoms with Gasteiger partial charge in [-0.1, -0.05) is 11.8 Å². The third-order valence-electron chi connectivity index (χ3n) is 3.79. The van der Waals surface area contributed by atoms with E-state index in [0.29, 0.717) is 33.5 Å². The molecule has 0 saturated carbocycles. The van der Waals surface area contributed by atoms with Crippen molar-refractivity contribution in [3.8, 4) is 11.5 Å². The Bertz CT molecular complexity index is 1140. The highest BCUT2D eigenvalue weighted by atomic mass is 32.2. The van der Waals surface area contributed by atoms with Crippen molar-refractivity contribution in [1.82, 2.24) is 19.8 Å². The van der Waals surface area contributed by atoms with Gasteiger partial charge in [0.25, 0.3) is 0 Å². The number of nitrogens with zero attached hydrogens (tertiary/aromatic N) is 4. The molecular formula is C18H14N6O3S. The summed E-state index contributed by atoms with van der Waals surface area (Å²) in [7, 11) is 0. The van der Waals surface area contributed by atoms with Crippen LogP contribution in [0.3, 0.4) is 0 Å². The minimum Gasteiger partial charge on any atom is -0.463 e. The Labute approximate surface area is 162 Å². The Morgan fingerprint density at radius 1 is 1.11 bits per heavy atom. The van der Waals surface area contributed by atoms with Gasteiger partial charge in [0.2, 0.25) is 17.0 Å². The highest BCUT2D eigenvalue weighted by Crippen LogP contribution is 2.21. The number of anilines is 1. The van der Waals surface area contributed by atoms with Gasteiger partial charge in [-0.3, -0.25) is 9.59 Å². The van der Waals surface area contributed by atoms with Crippen LogP contribution in [-0.4, -0.2) is 37.4 Å². The van der Waals surface area contributed by atoms with Crippen LogP contribution in [0, 0.1) is 0 Å².